The van der Waals surface area contributed by atoms with Gasteiger partial charge >= 0.3 is 0 Å². The predicted octanol–water partition coefficient (Wildman–Crippen LogP) is 1.72. The molecule has 0 unspecified atom stereocenters. The maximum absolute atomic E-state index is 3.94. The molecule has 0 N–H and O–H groups in total. The Labute approximate surface area is 69.1 Å². The molecule has 2 aromatic rings. The van der Waals surface area contributed by atoms with Crippen molar-refractivity contribution in [3.05, 3.63) is 34.0 Å². The summed E-state index contributed by atoms with van der Waals surface area (Å²) in [5.41, 5.74) is 0. The van der Waals surface area contributed by atoms with Crippen LogP contribution in [0.1, 0.15) is 0 Å². The fourth-order valence-electron chi connectivity index (χ4n) is 1.18. The molecule has 1 aromatic carbocycles. The van der Waals surface area contributed by atoms with Gasteiger partial charge in [-0.25, -0.2) is 0 Å². The van der Waals surface area contributed by atoms with Gasteiger partial charge in [-0.2, -0.15) is 0 Å². The number of thiophene rings is 1. The Hall–Kier alpha value is -1.08. The number of benzene rings is 1. The Bertz CT molecular complexity index is 435. The van der Waals surface area contributed by atoms with Gasteiger partial charge in [0, 0.05) is 4.70 Å². The Balaban J connectivity index is 3.21. The maximum atomic E-state index is 3.94. The maximum Gasteiger partial charge on any atom is 0.0414 e. The lowest BCUT2D eigenvalue weighted by Crippen LogP contribution is -2.05. The third-order valence-corrected chi connectivity index (χ3v) is 2.78. The molecular formula is C10H8S. The van der Waals surface area contributed by atoms with Crippen molar-refractivity contribution in [2.24, 2.45) is 0 Å². The van der Waals surface area contributed by atoms with Crippen molar-refractivity contribution < 1.29 is 0 Å². The lowest BCUT2D eigenvalue weighted by atomic mass is 10.2. The highest BCUT2D eigenvalue weighted by Gasteiger charge is 1.93. The summed E-state index contributed by atoms with van der Waals surface area (Å²) in [6.07, 6.45) is 0. The molecule has 0 saturated carbocycles. The second-order valence-corrected chi connectivity index (χ2v) is 3.46. The summed E-state index contributed by atoms with van der Waals surface area (Å²) >= 11 is 1.73. The summed E-state index contributed by atoms with van der Waals surface area (Å²) < 4.78 is 1.26. The van der Waals surface area contributed by atoms with Crippen LogP contribution < -0.4 is 10.4 Å². The second-order valence-electron chi connectivity index (χ2n) is 2.55. The SMILES string of the molecule is C=c1ccc(=C)c2sccc12. The van der Waals surface area contributed by atoms with Gasteiger partial charge in [-0.1, -0.05) is 25.3 Å². The van der Waals surface area contributed by atoms with Crippen molar-refractivity contribution in [2.45, 2.75) is 0 Å². The molecule has 0 aliphatic carbocycles. The molecular weight excluding hydrogens is 152 g/mol. The largest absolute Gasteiger partial charge is 0.143 e. The smallest absolute Gasteiger partial charge is 0.0414 e. The van der Waals surface area contributed by atoms with E-state index in [1.807, 2.05) is 12.1 Å². The van der Waals surface area contributed by atoms with E-state index in [4.69, 9.17) is 0 Å². The summed E-state index contributed by atoms with van der Waals surface area (Å²) in [5.74, 6) is 0. The monoisotopic (exact) mass is 160 g/mol. The molecule has 0 saturated heterocycles. The number of hydrogen-bond acceptors (Lipinski definition) is 1. The van der Waals surface area contributed by atoms with E-state index in [-0.39, 0.29) is 0 Å². The van der Waals surface area contributed by atoms with Crippen LogP contribution in [0, 0.1) is 0 Å². The highest BCUT2D eigenvalue weighted by molar-refractivity contribution is 7.17. The minimum atomic E-state index is 1.09. The predicted molar refractivity (Wildman–Crippen MR) is 52.1 cm³/mol. The summed E-state index contributed by atoms with van der Waals surface area (Å²) in [6, 6.07) is 6.12. The first-order valence-electron chi connectivity index (χ1n) is 3.43. The summed E-state index contributed by atoms with van der Waals surface area (Å²) in [6.45, 7) is 7.89. The summed E-state index contributed by atoms with van der Waals surface area (Å²) in [5, 5.41) is 5.51. The minimum absolute atomic E-state index is 1.09. The first-order chi connectivity index (χ1) is 5.29. The van der Waals surface area contributed by atoms with Crippen LogP contribution in [0.3, 0.4) is 0 Å². The zero-order valence-electron chi connectivity index (χ0n) is 6.13. The third kappa shape index (κ3) is 0.889. The molecule has 1 heterocycles. The Morgan fingerprint density at radius 2 is 1.73 bits per heavy atom. The summed E-state index contributed by atoms with van der Waals surface area (Å²) in [7, 11) is 0. The van der Waals surface area contributed by atoms with Crippen molar-refractivity contribution in [2.75, 3.05) is 0 Å². The molecule has 2 rings (SSSR count). The molecule has 11 heavy (non-hydrogen) atoms. The molecule has 0 bridgehead atoms. The third-order valence-electron chi connectivity index (χ3n) is 1.79. The molecule has 54 valence electrons. The van der Waals surface area contributed by atoms with E-state index in [9.17, 15) is 0 Å². The molecule has 0 amide bonds. The lowest BCUT2D eigenvalue weighted by Gasteiger charge is -1.88. The number of hydrogen-bond donors (Lipinski definition) is 0. The van der Waals surface area contributed by atoms with Crippen LogP contribution in [0.15, 0.2) is 23.6 Å². The van der Waals surface area contributed by atoms with Crippen molar-refractivity contribution in [1.29, 1.82) is 0 Å². The van der Waals surface area contributed by atoms with E-state index in [1.165, 1.54) is 10.1 Å². The molecule has 1 aromatic heterocycles. The van der Waals surface area contributed by atoms with Gasteiger partial charge in [-0.05, 0) is 27.3 Å². The standard InChI is InChI=1S/C10H8S/c1-7-3-4-8(2)10-9(7)5-6-11-10/h3-6H,1-2H2. The topological polar surface area (TPSA) is 0 Å². The van der Waals surface area contributed by atoms with Gasteiger partial charge < -0.3 is 0 Å². The Morgan fingerprint density at radius 3 is 2.45 bits per heavy atom. The minimum Gasteiger partial charge on any atom is -0.143 e. The number of fused-ring (bicyclic) bond motifs is 1. The van der Waals surface area contributed by atoms with Crippen LogP contribution >= 0.6 is 11.3 Å². The molecule has 0 fully saturated rings. The van der Waals surface area contributed by atoms with Crippen molar-refractivity contribution in [3.63, 3.8) is 0 Å². The Kier molecular flexibility index (Phi) is 1.33. The fraction of sp³-hybridized carbons (Fsp3) is 0. The second kappa shape index (κ2) is 2.21. The zero-order valence-corrected chi connectivity index (χ0v) is 6.95. The van der Waals surface area contributed by atoms with Gasteiger partial charge in [0.15, 0.2) is 0 Å². The average Bonchev–Trinajstić information content (AvgIpc) is 2.45. The normalized spacial score (nSPS) is 10.5. The highest BCUT2D eigenvalue weighted by atomic mass is 32.1. The zero-order chi connectivity index (χ0) is 7.84. The molecule has 0 spiro atoms. The molecule has 1 heteroatoms. The molecule has 0 aliphatic heterocycles. The van der Waals surface area contributed by atoms with Gasteiger partial charge in [0.05, 0.1) is 0 Å². The van der Waals surface area contributed by atoms with E-state index < -0.39 is 0 Å². The van der Waals surface area contributed by atoms with Gasteiger partial charge in [0.25, 0.3) is 0 Å². The first kappa shape index (κ1) is 6.62. The molecule has 0 atom stereocenters. The lowest BCUT2D eigenvalue weighted by molar-refractivity contribution is 1.70. The highest BCUT2D eigenvalue weighted by Crippen LogP contribution is 2.11. The quantitative estimate of drug-likeness (QED) is 0.550. The van der Waals surface area contributed by atoms with Gasteiger partial charge in [-0.15, -0.1) is 11.3 Å². The van der Waals surface area contributed by atoms with Crippen LogP contribution in [-0.4, -0.2) is 0 Å². The van der Waals surface area contributed by atoms with Crippen LogP contribution in [0.5, 0.6) is 0 Å². The van der Waals surface area contributed by atoms with Gasteiger partial charge in [0.2, 0.25) is 0 Å². The van der Waals surface area contributed by atoms with E-state index in [1.54, 1.807) is 11.3 Å². The van der Waals surface area contributed by atoms with E-state index in [0.717, 1.165) is 10.4 Å². The average molecular weight is 160 g/mol. The summed E-state index contributed by atoms with van der Waals surface area (Å²) in [4.78, 5) is 0. The van der Waals surface area contributed by atoms with E-state index >= 15 is 0 Å². The van der Waals surface area contributed by atoms with Crippen LogP contribution in [0.2, 0.25) is 0 Å². The van der Waals surface area contributed by atoms with Crippen molar-refractivity contribution in [3.8, 4) is 0 Å². The van der Waals surface area contributed by atoms with Crippen LogP contribution in [0.25, 0.3) is 23.2 Å². The fourth-order valence-corrected chi connectivity index (χ4v) is 2.06. The first-order valence-corrected chi connectivity index (χ1v) is 4.31. The number of rotatable bonds is 0. The molecule has 0 radical (unpaired) electrons. The van der Waals surface area contributed by atoms with E-state index in [2.05, 4.69) is 24.6 Å². The van der Waals surface area contributed by atoms with Gasteiger partial charge in [-0.3, -0.25) is 0 Å². The van der Waals surface area contributed by atoms with Crippen LogP contribution in [-0.2, 0) is 0 Å². The molecule has 0 aliphatic rings. The van der Waals surface area contributed by atoms with Crippen LogP contribution in [0.4, 0.5) is 0 Å². The van der Waals surface area contributed by atoms with Crippen molar-refractivity contribution >= 4 is 34.6 Å². The van der Waals surface area contributed by atoms with E-state index in [0.29, 0.717) is 0 Å². The van der Waals surface area contributed by atoms with Gasteiger partial charge in [0.1, 0.15) is 0 Å². The van der Waals surface area contributed by atoms with Crippen molar-refractivity contribution in [1.82, 2.24) is 0 Å². The molecule has 0 nitrogen and oxygen atoms in total. The Morgan fingerprint density at radius 1 is 1.00 bits per heavy atom.